The third kappa shape index (κ3) is 0.998. The highest BCUT2D eigenvalue weighted by Gasteiger charge is 2.28. The summed E-state index contributed by atoms with van der Waals surface area (Å²) in [6.07, 6.45) is 1.66. The van der Waals surface area contributed by atoms with Crippen molar-refractivity contribution >= 4 is 11.7 Å². The largest absolute Gasteiger partial charge is 0.340 e. The highest BCUT2D eigenvalue weighted by Crippen LogP contribution is 2.22. The summed E-state index contributed by atoms with van der Waals surface area (Å²) in [6.45, 7) is 0.600. The van der Waals surface area contributed by atoms with Crippen molar-refractivity contribution in [1.29, 1.82) is 0 Å². The molecule has 0 N–H and O–H groups in total. The van der Waals surface area contributed by atoms with Crippen molar-refractivity contribution in [1.82, 2.24) is 14.5 Å². The molecule has 5 heteroatoms. The highest BCUT2D eigenvalue weighted by molar-refractivity contribution is 5.98. The Morgan fingerprint density at radius 2 is 2.00 bits per heavy atom. The lowest BCUT2D eigenvalue weighted by Crippen LogP contribution is -2.43. The van der Waals surface area contributed by atoms with E-state index in [1.54, 1.807) is 22.8 Å². The van der Waals surface area contributed by atoms with Crippen molar-refractivity contribution < 1.29 is 4.79 Å². The Morgan fingerprint density at radius 1 is 1.31 bits per heavy atom. The first-order valence-corrected chi connectivity index (χ1v) is 4.09. The molecule has 1 aromatic heterocycles. The Balaban J connectivity index is 2.57. The zero-order chi connectivity index (χ0) is 9.59. The fraction of sp³-hybridized carbons (Fsp3) is 0.500. The third-order valence-electron chi connectivity index (χ3n) is 2.25. The standard InChI is InChI=1S/C8H12N4O/c1-10-4-9-7-6(10)8(13)12(3)5-11(7)2/h4H,5H2,1-3H3. The highest BCUT2D eigenvalue weighted by atomic mass is 16.2. The summed E-state index contributed by atoms with van der Waals surface area (Å²) in [4.78, 5) is 19.5. The van der Waals surface area contributed by atoms with E-state index in [2.05, 4.69) is 4.98 Å². The summed E-state index contributed by atoms with van der Waals surface area (Å²) in [5.74, 6) is 0.804. The maximum atomic E-state index is 11.7. The molecule has 0 aromatic carbocycles. The number of nitrogens with zero attached hydrogens (tertiary/aromatic N) is 4. The number of anilines is 1. The number of hydrogen-bond acceptors (Lipinski definition) is 3. The lowest BCUT2D eigenvalue weighted by atomic mass is 10.3. The SMILES string of the molecule is CN1CN(C)c2ncn(C)c2C1=O. The smallest absolute Gasteiger partial charge is 0.275 e. The number of rotatable bonds is 0. The van der Waals surface area contributed by atoms with Gasteiger partial charge in [-0.05, 0) is 0 Å². The van der Waals surface area contributed by atoms with Gasteiger partial charge in [-0.25, -0.2) is 4.98 Å². The van der Waals surface area contributed by atoms with E-state index in [0.717, 1.165) is 5.82 Å². The third-order valence-corrected chi connectivity index (χ3v) is 2.25. The quantitative estimate of drug-likeness (QED) is 0.560. The molecular weight excluding hydrogens is 168 g/mol. The Labute approximate surface area is 76.6 Å². The summed E-state index contributed by atoms with van der Waals surface area (Å²) >= 11 is 0. The molecule has 1 aromatic rings. The second-order valence-corrected chi connectivity index (χ2v) is 3.37. The molecule has 0 fully saturated rings. The fourth-order valence-corrected chi connectivity index (χ4v) is 1.57. The molecule has 0 saturated carbocycles. The van der Waals surface area contributed by atoms with Gasteiger partial charge in [0.2, 0.25) is 0 Å². The molecule has 0 saturated heterocycles. The predicted octanol–water partition coefficient (Wildman–Crippen LogP) is -0.101. The van der Waals surface area contributed by atoms with Crippen molar-refractivity contribution in [3.05, 3.63) is 12.0 Å². The molecule has 0 spiro atoms. The zero-order valence-electron chi connectivity index (χ0n) is 7.98. The van der Waals surface area contributed by atoms with E-state index in [4.69, 9.17) is 0 Å². The maximum absolute atomic E-state index is 11.7. The maximum Gasteiger partial charge on any atom is 0.275 e. The van der Waals surface area contributed by atoms with Gasteiger partial charge in [-0.3, -0.25) is 4.79 Å². The first-order valence-electron chi connectivity index (χ1n) is 4.09. The predicted molar refractivity (Wildman–Crippen MR) is 48.6 cm³/mol. The lowest BCUT2D eigenvalue weighted by molar-refractivity contribution is 0.0774. The molecule has 0 radical (unpaired) electrons. The number of fused-ring (bicyclic) bond motifs is 1. The van der Waals surface area contributed by atoms with Crippen molar-refractivity contribution in [3.63, 3.8) is 0 Å². The van der Waals surface area contributed by atoms with E-state index >= 15 is 0 Å². The Bertz CT molecular complexity index is 357. The van der Waals surface area contributed by atoms with Gasteiger partial charge in [0.1, 0.15) is 0 Å². The number of hydrogen-bond donors (Lipinski definition) is 0. The molecule has 0 aliphatic carbocycles. The molecule has 1 amide bonds. The average Bonchev–Trinajstić information content (AvgIpc) is 2.44. The number of aryl methyl sites for hydroxylation is 1. The molecule has 2 rings (SSSR count). The molecule has 0 unspecified atom stereocenters. The van der Waals surface area contributed by atoms with Crippen LogP contribution in [-0.2, 0) is 7.05 Å². The minimum Gasteiger partial charge on any atom is -0.340 e. The summed E-state index contributed by atoms with van der Waals surface area (Å²) in [7, 11) is 5.54. The number of aromatic nitrogens is 2. The number of amides is 1. The molecule has 1 aliphatic heterocycles. The van der Waals surface area contributed by atoms with Crippen LogP contribution in [0, 0.1) is 0 Å². The monoisotopic (exact) mass is 180 g/mol. The van der Waals surface area contributed by atoms with Crippen LogP contribution in [0.5, 0.6) is 0 Å². The summed E-state index contributed by atoms with van der Waals surface area (Å²) in [5.41, 5.74) is 0.663. The molecule has 13 heavy (non-hydrogen) atoms. The molecule has 0 atom stereocenters. The molecule has 2 heterocycles. The fourth-order valence-electron chi connectivity index (χ4n) is 1.57. The average molecular weight is 180 g/mol. The summed E-state index contributed by atoms with van der Waals surface area (Å²) in [5, 5.41) is 0. The van der Waals surface area contributed by atoms with Gasteiger partial charge in [0.25, 0.3) is 5.91 Å². The van der Waals surface area contributed by atoms with Crippen LogP contribution in [-0.4, -0.2) is 41.1 Å². The first-order chi connectivity index (χ1) is 6.11. The number of carbonyl (C=O) groups is 1. The van der Waals surface area contributed by atoms with E-state index in [9.17, 15) is 4.79 Å². The van der Waals surface area contributed by atoms with E-state index in [1.807, 2.05) is 19.0 Å². The van der Waals surface area contributed by atoms with E-state index in [0.29, 0.717) is 12.4 Å². The number of carbonyl (C=O) groups excluding carboxylic acids is 1. The zero-order valence-corrected chi connectivity index (χ0v) is 7.98. The van der Waals surface area contributed by atoms with Gasteiger partial charge < -0.3 is 14.4 Å². The molecule has 70 valence electrons. The van der Waals surface area contributed by atoms with Gasteiger partial charge in [-0.1, -0.05) is 0 Å². The van der Waals surface area contributed by atoms with Gasteiger partial charge >= 0.3 is 0 Å². The Morgan fingerprint density at radius 3 is 2.69 bits per heavy atom. The molecule has 1 aliphatic rings. The molecular formula is C8H12N4O. The van der Waals surface area contributed by atoms with Crippen LogP contribution in [0.3, 0.4) is 0 Å². The first kappa shape index (κ1) is 8.10. The van der Waals surface area contributed by atoms with Crippen LogP contribution in [0.25, 0.3) is 0 Å². The van der Waals surface area contributed by atoms with Crippen LogP contribution in [0.15, 0.2) is 6.33 Å². The Kier molecular flexibility index (Phi) is 1.55. The van der Waals surface area contributed by atoms with Crippen LogP contribution < -0.4 is 4.90 Å². The van der Waals surface area contributed by atoms with Crippen LogP contribution in [0.1, 0.15) is 10.5 Å². The Hall–Kier alpha value is -1.52. The summed E-state index contributed by atoms with van der Waals surface area (Å²) in [6, 6.07) is 0. The van der Waals surface area contributed by atoms with E-state index in [1.165, 1.54) is 0 Å². The van der Waals surface area contributed by atoms with Crippen molar-refractivity contribution in [2.45, 2.75) is 0 Å². The van der Waals surface area contributed by atoms with Crippen LogP contribution in [0.2, 0.25) is 0 Å². The van der Waals surface area contributed by atoms with Gasteiger partial charge in [-0.2, -0.15) is 0 Å². The van der Waals surface area contributed by atoms with Crippen molar-refractivity contribution in [2.24, 2.45) is 7.05 Å². The van der Waals surface area contributed by atoms with Crippen molar-refractivity contribution in [2.75, 3.05) is 25.7 Å². The minimum atomic E-state index is 0.0353. The molecule has 0 bridgehead atoms. The second-order valence-electron chi connectivity index (χ2n) is 3.37. The van der Waals surface area contributed by atoms with E-state index < -0.39 is 0 Å². The number of imidazole rings is 1. The molecule has 5 nitrogen and oxygen atoms in total. The normalized spacial score (nSPS) is 16.4. The minimum absolute atomic E-state index is 0.0353. The second kappa shape index (κ2) is 2.48. The van der Waals surface area contributed by atoms with Gasteiger partial charge in [-0.15, -0.1) is 0 Å². The van der Waals surface area contributed by atoms with Gasteiger partial charge in [0, 0.05) is 21.1 Å². The van der Waals surface area contributed by atoms with E-state index in [-0.39, 0.29) is 5.91 Å². The van der Waals surface area contributed by atoms with Crippen LogP contribution in [0.4, 0.5) is 5.82 Å². The summed E-state index contributed by atoms with van der Waals surface area (Å²) < 4.78 is 1.75. The lowest BCUT2D eigenvalue weighted by Gasteiger charge is -2.30. The topological polar surface area (TPSA) is 41.4 Å². The van der Waals surface area contributed by atoms with Crippen LogP contribution >= 0.6 is 0 Å². The van der Waals surface area contributed by atoms with Gasteiger partial charge in [0.05, 0.1) is 13.0 Å². The van der Waals surface area contributed by atoms with Crippen molar-refractivity contribution in [3.8, 4) is 0 Å². The van der Waals surface area contributed by atoms with Gasteiger partial charge in [0.15, 0.2) is 11.5 Å².